The lowest BCUT2D eigenvalue weighted by molar-refractivity contribution is -0.118. The molecule has 0 fully saturated rings. The molecule has 0 aliphatic carbocycles. The number of thiazole rings is 1. The minimum atomic E-state index is -0.324. The Bertz CT molecular complexity index is 1150. The van der Waals surface area contributed by atoms with Crippen LogP contribution in [-0.4, -0.2) is 22.5 Å². The summed E-state index contributed by atoms with van der Waals surface area (Å²) in [5.41, 5.74) is 2.46. The van der Waals surface area contributed by atoms with Gasteiger partial charge in [0.05, 0.1) is 29.8 Å². The zero-order valence-electron chi connectivity index (χ0n) is 16.4. The summed E-state index contributed by atoms with van der Waals surface area (Å²) in [4.78, 5) is 23.7. The molecule has 2 aromatic carbocycles. The molecule has 0 unspecified atom stereocenters. The van der Waals surface area contributed by atoms with Gasteiger partial charge in [0.15, 0.2) is 5.13 Å². The fourth-order valence-electron chi connectivity index (χ4n) is 3.07. The van der Waals surface area contributed by atoms with Crippen molar-refractivity contribution in [2.75, 3.05) is 11.5 Å². The lowest BCUT2D eigenvalue weighted by Gasteiger charge is -2.20. The molecule has 0 saturated heterocycles. The Labute approximate surface area is 177 Å². The van der Waals surface area contributed by atoms with Gasteiger partial charge in [0, 0.05) is 12.4 Å². The quantitative estimate of drug-likeness (QED) is 0.421. The van der Waals surface area contributed by atoms with Crippen LogP contribution in [0.4, 0.5) is 9.52 Å². The van der Waals surface area contributed by atoms with Crippen LogP contribution in [0.25, 0.3) is 10.2 Å². The Hall–Kier alpha value is -3.32. The molecule has 152 valence electrons. The number of nitrogens with zero attached hydrogens (tertiary/aromatic N) is 3. The van der Waals surface area contributed by atoms with Crippen LogP contribution in [-0.2, 0) is 17.8 Å². The molecule has 0 atom stereocenters. The smallest absolute Gasteiger partial charge is 0.233 e. The molecule has 0 saturated carbocycles. The Morgan fingerprint density at radius 2 is 1.97 bits per heavy atom. The number of carbonyl (C=O) groups excluding carboxylic acids is 1. The summed E-state index contributed by atoms with van der Waals surface area (Å²) in [5.74, 6) is 0.334. The average Bonchev–Trinajstić information content (AvgIpc) is 3.17. The zero-order chi connectivity index (χ0) is 20.9. The number of hydrogen-bond donors (Lipinski definition) is 0. The number of ether oxygens (including phenoxy) is 1. The number of rotatable bonds is 7. The van der Waals surface area contributed by atoms with Crippen LogP contribution in [0.1, 0.15) is 18.1 Å². The first-order valence-electron chi connectivity index (χ1n) is 9.59. The molecule has 0 aliphatic rings. The lowest BCUT2D eigenvalue weighted by atomic mass is 10.1. The summed E-state index contributed by atoms with van der Waals surface area (Å²) in [5, 5.41) is 0.606. The summed E-state index contributed by atoms with van der Waals surface area (Å²) in [6, 6.07) is 15.4. The third-order valence-corrected chi connectivity index (χ3v) is 5.56. The standard InChI is InChI=1S/C23H20FN3O2S/c1-2-29-19-9-10-20-21(13-19)30-23(26-20)27(15-17-4-3-11-25-14-17)22(28)12-16-5-7-18(24)8-6-16/h3-11,13-14H,2,12,15H2,1H3. The van der Waals surface area contributed by atoms with E-state index in [1.807, 2.05) is 37.3 Å². The second-order valence-corrected chi connectivity index (χ2v) is 7.71. The van der Waals surface area contributed by atoms with Gasteiger partial charge >= 0.3 is 0 Å². The van der Waals surface area contributed by atoms with Crippen molar-refractivity contribution in [3.8, 4) is 5.75 Å². The monoisotopic (exact) mass is 421 g/mol. The molecule has 2 aromatic heterocycles. The van der Waals surface area contributed by atoms with E-state index in [-0.39, 0.29) is 18.1 Å². The second-order valence-electron chi connectivity index (χ2n) is 6.70. The summed E-state index contributed by atoms with van der Waals surface area (Å²) in [6.07, 6.45) is 3.58. The fraction of sp³-hybridized carbons (Fsp3) is 0.174. The van der Waals surface area contributed by atoms with Crippen molar-refractivity contribution in [1.82, 2.24) is 9.97 Å². The number of aromatic nitrogens is 2. The third kappa shape index (κ3) is 4.63. The van der Waals surface area contributed by atoms with Crippen LogP contribution < -0.4 is 9.64 Å². The van der Waals surface area contributed by atoms with Gasteiger partial charge in [-0.05, 0) is 54.4 Å². The summed E-state index contributed by atoms with van der Waals surface area (Å²) < 4.78 is 19.7. The highest BCUT2D eigenvalue weighted by Crippen LogP contribution is 2.32. The van der Waals surface area contributed by atoms with Crippen LogP contribution in [0.2, 0.25) is 0 Å². The summed E-state index contributed by atoms with van der Waals surface area (Å²) in [7, 11) is 0. The first-order valence-corrected chi connectivity index (χ1v) is 10.4. The number of amides is 1. The molecular formula is C23H20FN3O2S. The van der Waals surface area contributed by atoms with Crippen molar-refractivity contribution < 1.29 is 13.9 Å². The molecular weight excluding hydrogens is 401 g/mol. The van der Waals surface area contributed by atoms with E-state index in [9.17, 15) is 9.18 Å². The molecule has 0 aliphatic heterocycles. The maximum atomic E-state index is 13.2. The lowest BCUT2D eigenvalue weighted by Crippen LogP contribution is -2.31. The van der Waals surface area contributed by atoms with E-state index in [0.29, 0.717) is 18.3 Å². The Balaban J connectivity index is 1.66. The van der Waals surface area contributed by atoms with Gasteiger partial charge < -0.3 is 4.74 Å². The first kappa shape index (κ1) is 20.0. The minimum Gasteiger partial charge on any atom is -0.494 e. The molecule has 0 radical (unpaired) electrons. The Morgan fingerprint density at radius 3 is 2.70 bits per heavy atom. The molecule has 4 rings (SSSR count). The highest BCUT2D eigenvalue weighted by Gasteiger charge is 2.21. The van der Waals surface area contributed by atoms with Crippen LogP contribution >= 0.6 is 11.3 Å². The van der Waals surface area contributed by atoms with Gasteiger partial charge in [-0.1, -0.05) is 29.5 Å². The van der Waals surface area contributed by atoms with Gasteiger partial charge in [0.2, 0.25) is 5.91 Å². The fourth-order valence-corrected chi connectivity index (χ4v) is 4.08. The number of pyridine rings is 1. The van der Waals surface area contributed by atoms with E-state index in [2.05, 4.69) is 9.97 Å². The Kier molecular flexibility index (Phi) is 5.99. The number of anilines is 1. The SMILES string of the molecule is CCOc1ccc2nc(N(Cc3cccnc3)C(=O)Cc3ccc(F)cc3)sc2c1. The van der Waals surface area contributed by atoms with Gasteiger partial charge in [0.25, 0.3) is 0 Å². The number of fused-ring (bicyclic) bond motifs is 1. The van der Waals surface area contributed by atoms with Gasteiger partial charge in [-0.25, -0.2) is 9.37 Å². The normalized spacial score (nSPS) is 10.9. The molecule has 2 heterocycles. The van der Waals surface area contributed by atoms with E-state index in [4.69, 9.17) is 4.74 Å². The van der Waals surface area contributed by atoms with Crippen LogP contribution in [0, 0.1) is 5.82 Å². The first-order chi connectivity index (χ1) is 14.6. The maximum Gasteiger partial charge on any atom is 0.233 e. The number of halogens is 1. The van der Waals surface area contributed by atoms with Crippen LogP contribution in [0.5, 0.6) is 5.75 Å². The number of hydrogen-bond acceptors (Lipinski definition) is 5. The van der Waals surface area contributed by atoms with Gasteiger partial charge in [-0.15, -0.1) is 0 Å². The van der Waals surface area contributed by atoms with Crippen molar-refractivity contribution in [2.45, 2.75) is 19.9 Å². The molecule has 30 heavy (non-hydrogen) atoms. The van der Waals surface area contributed by atoms with Gasteiger partial charge in [-0.3, -0.25) is 14.7 Å². The minimum absolute atomic E-state index is 0.116. The molecule has 1 amide bonds. The maximum absolute atomic E-state index is 13.2. The largest absolute Gasteiger partial charge is 0.494 e. The molecule has 7 heteroatoms. The molecule has 0 N–H and O–H groups in total. The molecule has 4 aromatic rings. The third-order valence-electron chi connectivity index (χ3n) is 4.52. The van der Waals surface area contributed by atoms with Crippen molar-refractivity contribution in [3.63, 3.8) is 0 Å². The van der Waals surface area contributed by atoms with Crippen molar-refractivity contribution >= 4 is 32.6 Å². The highest BCUT2D eigenvalue weighted by atomic mass is 32.1. The van der Waals surface area contributed by atoms with Crippen molar-refractivity contribution in [3.05, 3.63) is 83.9 Å². The molecule has 5 nitrogen and oxygen atoms in total. The van der Waals surface area contributed by atoms with E-state index in [1.165, 1.54) is 23.5 Å². The van der Waals surface area contributed by atoms with E-state index in [1.54, 1.807) is 29.4 Å². The molecule has 0 spiro atoms. The van der Waals surface area contributed by atoms with E-state index < -0.39 is 0 Å². The average molecular weight is 421 g/mol. The number of carbonyl (C=O) groups is 1. The predicted octanol–water partition coefficient (Wildman–Crippen LogP) is 5.01. The second kappa shape index (κ2) is 9.00. The van der Waals surface area contributed by atoms with Crippen LogP contribution in [0.15, 0.2) is 67.0 Å². The molecule has 0 bridgehead atoms. The van der Waals surface area contributed by atoms with E-state index in [0.717, 1.165) is 27.1 Å². The van der Waals surface area contributed by atoms with Crippen molar-refractivity contribution in [2.24, 2.45) is 0 Å². The predicted molar refractivity (Wildman–Crippen MR) is 116 cm³/mol. The Morgan fingerprint density at radius 1 is 1.13 bits per heavy atom. The van der Waals surface area contributed by atoms with Crippen LogP contribution in [0.3, 0.4) is 0 Å². The van der Waals surface area contributed by atoms with E-state index >= 15 is 0 Å². The summed E-state index contributed by atoms with van der Waals surface area (Å²) in [6.45, 7) is 2.87. The topological polar surface area (TPSA) is 55.3 Å². The van der Waals surface area contributed by atoms with Crippen molar-refractivity contribution in [1.29, 1.82) is 0 Å². The number of benzene rings is 2. The highest BCUT2D eigenvalue weighted by molar-refractivity contribution is 7.22. The van der Waals surface area contributed by atoms with Gasteiger partial charge in [0.1, 0.15) is 11.6 Å². The van der Waals surface area contributed by atoms with Gasteiger partial charge in [-0.2, -0.15) is 0 Å². The summed E-state index contributed by atoms with van der Waals surface area (Å²) >= 11 is 1.44. The zero-order valence-corrected chi connectivity index (χ0v) is 17.2.